The smallest absolute Gasteiger partial charge is 0.308 e. The maximum absolute atomic E-state index is 13.8. The van der Waals surface area contributed by atoms with Gasteiger partial charge in [-0.1, -0.05) is 36.4 Å². The summed E-state index contributed by atoms with van der Waals surface area (Å²) in [7, 11) is 1.71. The molecule has 2 heterocycles. The predicted molar refractivity (Wildman–Crippen MR) is 136 cm³/mol. The summed E-state index contributed by atoms with van der Waals surface area (Å²) >= 11 is 0. The molecule has 200 valence electrons. The minimum atomic E-state index is -0.933. The van der Waals surface area contributed by atoms with Crippen molar-refractivity contribution in [1.82, 2.24) is 20.2 Å². The first kappa shape index (κ1) is 27.3. The molecule has 1 aliphatic heterocycles. The normalized spacial score (nSPS) is 18.9. The van der Waals surface area contributed by atoms with Gasteiger partial charge < -0.3 is 14.2 Å². The summed E-state index contributed by atoms with van der Waals surface area (Å²) in [4.78, 5) is 12.1. The van der Waals surface area contributed by atoms with Gasteiger partial charge in [0.1, 0.15) is 11.6 Å². The standard InChI is InChI=1S/C28H30F2N4O4/c1-5-36-25(35)17-23-16-22(37-28(2,3)38-23)14-15-24(27-31-32-33-34(27)4)26(18-6-10-20(29)11-7-18)19-8-12-21(30)13-9-19/h6-15,22-23H,5,16-17H2,1-4H3/b15-14+/t22-,23-/m1/s1. The van der Waals surface area contributed by atoms with Gasteiger partial charge in [0.05, 0.1) is 25.2 Å². The molecular weight excluding hydrogens is 494 g/mol. The van der Waals surface area contributed by atoms with Crippen molar-refractivity contribution in [3.05, 3.63) is 89.3 Å². The number of aryl methyl sites for hydroxylation is 1. The highest BCUT2D eigenvalue weighted by Crippen LogP contribution is 2.34. The molecule has 0 aliphatic carbocycles. The second-order valence-electron chi connectivity index (χ2n) is 9.33. The van der Waals surface area contributed by atoms with Crippen LogP contribution in [-0.4, -0.2) is 50.8 Å². The number of carbonyl (C=O) groups is 1. The summed E-state index contributed by atoms with van der Waals surface area (Å²) in [6.45, 7) is 5.63. The number of hydrogen-bond acceptors (Lipinski definition) is 7. The molecule has 2 atom stereocenters. The Kier molecular flexibility index (Phi) is 8.43. The van der Waals surface area contributed by atoms with E-state index in [-0.39, 0.29) is 24.0 Å². The van der Waals surface area contributed by atoms with Gasteiger partial charge in [0.15, 0.2) is 11.6 Å². The van der Waals surface area contributed by atoms with Crippen molar-refractivity contribution in [3.8, 4) is 0 Å². The average Bonchev–Trinajstić information content (AvgIpc) is 3.28. The van der Waals surface area contributed by atoms with Crippen molar-refractivity contribution < 1.29 is 27.8 Å². The van der Waals surface area contributed by atoms with Crippen LogP contribution in [0.4, 0.5) is 8.78 Å². The van der Waals surface area contributed by atoms with Crippen molar-refractivity contribution >= 4 is 17.1 Å². The molecule has 1 fully saturated rings. The van der Waals surface area contributed by atoms with Crippen LogP contribution in [0.5, 0.6) is 0 Å². The number of tetrazole rings is 1. The van der Waals surface area contributed by atoms with Crippen LogP contribution in [0.2, 0.25) is 0 Å². The van der Waals surface area contributed by atoms with E-state index in [1.54, 1.807) is 52.1 Å². The summed E-state index contributed by atoms with van der Waals surface area (Å²) in [5, 5.41) is 12.0. The van der Waals surface area contributed by atoms with E-state index < -0.39 is 18.0 Å². The second-order valence-corrected chi connectivity index (χ2v) is 9.33. The van der Waals surface area contributed by atoms with Gasteiger partial charge in [-0.2, -0.15) is 0 Å². The van der Waals surface area contributed by atoms with Gasteiger partial charge in [0.25, 0.3) is 0 Å². The van der Waals surface area contributed by atoms with Crippen molar-refractivity contribution in [2.75, 3.05) is 6.61 Å². The molecular formula is C28H30F2N4O4. The Hall–Kier alpha value is -3.76. The zero-order valence-corrected chi connectivity index (χ0v) is 21.7. The Labute approximate surface area is 219 Å². The van der Waals surface area contributed by atoms with E-state index in [9.17, 15) is 13.6 Å². The first-order valence-corrected chi connectivity index (χ1v) is 12.3. The van der Waals surface area contributed by atoms with Crippen LogP contribution in [0.15, 0.2) is 60.7 Å². The molecule has 10 heteroatoms. The van der Waals surface area contributed by atoms with Gasteiger partial charge in [-0.3, -0.25) is 4.79 Å². The molecule has 0 radical (unpaired) electrons. The summed E-state index contributed by atoms with van der Waals surface area (Å²) in [5.41, 5.74) is 2.67. The van der Waals surface area contributed by atoms with Gasteiger partial charge >= 0.3 is 5.97 Å². The molecule has 2 aromatic carbocycles. The van der Waals surface area contributed by atoms with Crippen molar-refractivity contribution in [3.63, 3.8) is 0 Å². The number of nitrogens with zero attached hydrogens (tertiary/aromatic N) is 4. The molecule has 0 N–H and O–H groups in total. The quantitative estimate of drug-likeness (QED) is 0.307. The van der Waals surface area contributed by atoms with Crippen LogP contribution in [0.1, 0.15) is 50.6 Å². The van der Waals surface area contributed by atoms with Gasteiger partial charge in [0.2, 0.25) is 0 Å². The number of hydrogen-bond donors (Lipinski definition) is 0. The molecule has 38 heavy (non-hydrogen) atoms. The van der Waals surface area contributed by atoms with Crippen molar-refractivity contribution in [2.45, 2.75) is 51.6 Å². The number of esters is 1. The number of allylic oxidation sites excluding steroid dienone is 2. The van der Waals surface area contributed by atoms with Crippen molar-refractivity contribution in [2.24, 2.45) is 7.05 Å². The van der Waals surface area contributed by atoms with E-state index in [1.807, 2.05) is 12.2 Å². The van der Waals surface area contributed by atoms with Gasteiger partial charge in [-0.15, -0.1) is 5.10 Å². The summed E-state index contributed by atoms with van der Waals surface area (Å²) in [6, 6.07) is 12.0. The summed E-state index contributed by atoms with van der Waals surface area (Å²) < 4.78 is 46.3. The highest BCUT2D eigenvalue weighted by Gasteiger charge is 2.35. The molecule has 0 spiro atoms. The second kappa shape index (κ2) is 11.7. The van der Waals surface area contributed by atoms with E-state index in [2.05, 4.69) is 15.5 Å². The van der Waals surface area contributed by atoms with Crippen LogP contribution < -0.4 is 0 Å². The lowest BCUT2D eigenvalue weighted by Gasteiger charge is -2.39. The SMILES string of the molecule is CCOC(=O)C[C@H]1C[C@@H](/C=C/C(=C(c2ccc(F)cc2)c2ccc(F)cc2)c2nnnn2C)OC(C)(C)O1. The van der Waals surface area contributed by atoms with E-state index >= 15 is 0 Å². The molecule has 0 amide bonds. The highest BCUT2D eigenvalue weighted by molar-refractivity contribution is 6.00. The van der Waals surface area contributed by atoms with Crippen LogP contribution in [-0.2, 0) is 26.1 Å². The van der Waals surface area contributed by atoms with Gasteiger partial charge in [-0.25, -0.2) is 13.5 Å². The van der Waals surface area contributed by atoms with Gasteiger partial charge in [0, 0.05) is 19.0 Å². The molecule has 3 aromatic rings. The fourth-order valence-electron chi connectivity index (χ4n) is 4.44. The first-order valence-electron chi connectivity index (χ1n) is 12.3. The number of carbonyl (C=O) groups excluding carboxylic acids is 1. The largest absolute Gasteiger partial charge is 0.466 e. The molecule has 1 aromatic heterocycles. The molecule has 4 rings (SSSR count). The van der Waals surface area contributed by atoms with E-state index in [1.165, 1.54) is 28.9 Å². The lowest BCUT2D eigenvalue weighted by atomic mass is 9.91. The zero-order chi connectivity index (χ0) is 27.3. The predicted octanol–water partition coefficient (Wildman–Crippen LogP) is 4.87. The Morgan fingerprint density at radius 1 is 1.08 bits per heavy atom. The number of ether oxygens (including phenoxy) is 3. The molecule has 0 bridgehead atoms. The Balaban J connectivity index is 1.79. The molecule has 8 nitrogen and oxygen atoms in total. The third kappa shape index (κ3) is 6.76. The number of halogens is 2. The van der Waals surface area contributed by atoms with E-state index in [4.69, 9.17) is 14.2 Å². The lowest BCUT2D eigenvalue weighted by molar-refractivity contribution is -0.290. The molecule has 1 aliphatic rings. The van der Waals surface area contributed by atoms with E-state index in [0.29, 0.717) is 41.1 Å². The topological polar surface area (TPSA) is 88.4 Å². The zero-order valence-electron chi connectivity index (χ0n) is 21.7. The number of aromatic nitrogens is 4. The third-order valence-electron chi connectivity index (χ3n) is 5.95. The fourth-order valence-corrected chi connectivity index (χ4v) is 4.44. The Morgan fingerprint density at radius 2 is 1.68 bits per heavy atom. The van der Waals surface area contributed by atoms with E-state index in [0.717, 1.165) is 0 Å². The molecule has 0 unspecified atom stereocenters. The first-order chi connectivity index (χ1) is 18.1. The Bertz CT molecular complexity index is 1270. The minimum absolute atomic E-state index is 0.108. The number of benzene rings is 2. The van der Waals surface area contributed by atoms with Crippen LogP contribution in [0.3, 0.4) is 0 Å². The molecule has 1 saturated heterocycles. The highest BCUT2D eigenvalue weighted by atomic mass is 19.1. The van der Waals surface area contributed by atoms with Crippen LogP contribution in [0, 0.1) is 11.6 Å². The fraction of sp³-hybridized carbons (Fsp3) is 0.357. The average molecular weight is 525 g/mol. The monoisotopic (exact) mass is 524 g/mol. The third-order valence-corrected chi connectivity index (χ3v) is 5.95. The van der Waals surface area contributed by atoms with Crippen LogP contribution >= 0.6 is 0 Å². The summed E-state index contributed by atoms with van der Waals surface area (Å²) in [5.74, 6) is -1.58. The Morgan fingerprint density at radius 3 is 2.21 bits per heavy atom. The lowest BCUT2D eigenvalue weighted by Crippen LogP contribution is -2.44. The maximum atomic E-state index is 13.8. The van der Waals surface area contributed by atoms with Gasteiger partial charge in [-0.05, 0) is 72.2 Å². The number of rotatable bonds is 8. The summed E-state index contributed by atoms with van der Waals surface area (Å²) in [6.07, 6.45) is 3.42. The minimum Gasteiger partial charge on any atom is -0.466 e. The molecule has 0 saturated carbocycles. The van der Waals surface area contributed by atoms with Crippen molar-refractivity contribution in [1.29, 1.82) is 0 Å². The maximum Gasteiger partial charge on any atom is 0.308 e. The van der Waals surface area contributed by atoms with Crippen LogP contribution in [0.25, 0.3) is 11.1 Å².